The van der Waals surface area contributed by atoms with Crippen LogP contribution in [0.3, 0.4) is 0 Å². The maximum Gasteiger partial charge on any atom is 0.254 e. The van der Waals surface area contributed by atoms with E-state index in [0.29, 0.717) is 12.1 Å². The first-order valence-corrected chi connectivity index (χ1v) is 8.53. The highest BCUT2D eigenvalue weighted by atomic mass is 19.1. The zero-order valence-electron chi connectivity index (χ0n) is 14.1. The summed E-state index contributed by atoms with van der Waals surface area (Å²) in [6.07, 6.45) is -0.671. The zero-order valence-corrected chi connectivity index (χ0v) is 14.1. The second kappa shape index (κ2) is 6.73. The first-order valence-electron chi connectivity index (χ1n) is 8.53. The molecule has 0 radical (unpaired) electrons. The van der Waals surface area contributed by atoms with Crippen LogP contribution in [0.4, 0.5) is 4.39 Å². The molecule has 0 aliphatic carbocycles. The molecule has 0 fully saturated rings. The molecule has 0 bridgehead atoms. The Balaban J connectivity index is 1.56. The molecule has 3 nitrogen and oxygen atoms in total. The van der Waals surface area contributed by atoms with Gasteiger partial charge in [-0.1, -0.05) is 48.5 Å². The fourth-order valence-electron chi connectivity index (χ4n) is 3.39. The maximum absolute atomic E-state index is 13.4. The predicted octanol–water partition coefficient (Wildman–Crippen LogP) is 4.18. The molecule has 1 unspecified atom stereocenters. The van der Waals surface area contributed by atoms with Crippen molar-refractivity contribution in [2.45, 2.75) is 12.6 Å². The van der Waals surface area contributed by atoms with Gasteiger partial charge in [0.05, 0.1) is 12.6 Å². The Morgan fingerprint density at radius 2 is 1.73 bits per heavy atom. The van der Waals surface area contributed by atoms with Crippen molar-refractivity contribution in [2.75, 3.05) is 6.54 Å². The van der Waals surface area contributed by atoms with Gasteiger partial charge in [0.2, 0.25) is 0 Å². The van der Waals surface area contributed by atoms with Crippen molar-refractivity contribution in [1.29, 1.82) is 0 Å². The van der Waals surface area contributed by atoms with Gasteiger partial charge in [0.15, 0.2) is 0 Å². The molecule has 0 aromatic heterocycles. The van der Waals surface area contributed by atoms with E-state index in [1.54, 1.807) is 23.1 Å². The van der Waals surface area contributed by atoms with E-state index in [-0.39, 0.29) is 18.3 Å². The number of hydrogen-bond acceptors (Lipinski definition) is 2. The SMILES string of the molecule is O=C(c1ccc(-c2cccc(F)c2)cc1)N1Cc2ccccc2C(O)C1. The Hall–Kier alpha value is -2.98. The van der Waals surface area contributed by atoms with Crippen molar-refractivity contribution in [1.82, 2.24) is 4.90 Å². The minimum Gasteiger partial charge on any atom is -0.387 e. The Labute approximate surface area is 151 Å². The normalized spacial score (nSPS) is 16.2. The van der Waals surface area contributed by atoms with Gasteiger partial charge in [-0.25, -0.2) is 4.39 Å². The minimum absolute atomic E-state index is 0.121. The lowest BCUT2D eigenvalue weighted by atomic mass is 9.96. The number of hydrogen-bond donors (Lipinski definition) is 1. The van der Waals surface area contributed by atoms with Crippen molar-refractivity contribution >= 4 is 5.91 Å². The third kappa shape index (κ3) is 3.11. The molecule has 3 aromatic carbocycles. The molecule has 130 valence electrons. The van der Waals surface area contributed by atoms with Crippen LogP contribution in [0.1, 0.15) is 27.6 Å². The number of fused-ring (bicyclic) bond motifs is 1. The van der Waals surface area contributed by atoms with E-state index in [4.69, 9.17) is 0 Å². The lowest BCUT2D eigenvalue weighted by molar-refractivity contribution is 0.0550. The number of nitrogens with zero attached hydrogens (tertiary/aromatic N) is 1. The highest BCUT2D eigenvalue weighted by Gasteiger charge is 2.27. The van der Waals surface area contributed by atoms with Crippen LogP contribution >= 0.6 is 0 Å². The molecule has 3 aromatic rings. The summed E-state index contributed by atoms with van der Waals surface area (Å²) in [4.78, 5) is 14.5. The molecule has 0 saturated heterocycles. The summed E-state index contributed by atoms with van der Waals surface area (Å²) in [5.41, 5.74) is 4.03. The molecule has 4 heteroatoms. The fraction of sp³-hybridized carbons (Fsp3) is 0.136. The standard InChI is InChI=1S/C22H18FNO2/c23-19-6-3-5-17(12-19)15-8-10-16(11-9-15)22(26)24-13-18-4-1-2-7-20(18)21(25)14-24/h1-12,21,25H,13-14H2. The van der Waals surface area contributed by atoms with Gasteiger partial charge in [-0.3, -0.25) is 4.79 Å². The number of carbonyl (C=O) groups excluding carboxylic acids is 1. The third-order valence-electron chi connectivity index (χ3n) is 4.75. The predicted molar refractivity (Wildman–Crippen MR) is 98.0 cm³/mol. The lowest BCUT2D eigenvalue weighted by Crippen LogP contribution is -2.38. The highest BCUT2D eigenvalue weighted by Crippen LogP contribution is 2.28. The molecule has 1 atom stereocenters. The minimum atomic E-state index is -0.671. The summed E-state index contributed by atoms with van der Waals surface area (Å²) < 4.78 is 13.4. The summed E-state index contributed by atoms with van der Waals surface area (Å²) in [7, 11) is 0. The Bertz CT molecular complexity index is 952. The van der Waals surface area contributed by atoms with Crippen LogP contribution in [0.15, 0.2) is 72.8 Å². The molecule has 1 aliphatic rings. The highest BCUT2D eigenvalue weighted by molar-refractivity contribution is 5.95. The first-order chi connectivity index (χ1) is 12.6. The second-order valence-corrected chi connectivity index (χ2v) is 6.49. The van der Waals surface area contributed by atoms with Crippen LogP contribution in [0.25, 0.3) is 11.1 Å². The monoisotopic (exact) mass is 347 g/mol. The maximum atomic E-state index is 13.4. The van der Waals surface area contributed by atoms with Crippen molar-refractivity contribution in [3.63, 3.8) is 0 Å². The number of carbonyl (C=O) groups is 1. The zero-order chi connectivity index (χ0) is 18.1. The summed E-state index contributed by atoms with van der Waals surface area (Å²) in [5.74, 6) is -0.409. The van der Waals surface area contributed by atoms with E-state index in [0.717, 1.165) is 22.3 Å². The molecule has 0 spiro atoms. The average molecular weight is 347 g/mol. The van der Waals surface area contributed by atoms with Crippen molar-refractivity contribution in [3.05, 3.63) is 95.3 Å². The van der Waals surface area contributed by atoms with Crippen LogP contribution < -0.4 is 0 Å². The van der Waals surface area contributed by atoms with Gasteiger partial charge in [0.25, 0.3) is 5.91 Å². The number of aliphatic hydroxyl groups is 1. The van der Waals surface area contributed by atoms with Gasteiger partial charge in [-0.2, -0.15) is 0 Å². The summed E-state index contributed by atoms with van der Waals surface area (Å²) in [5, 5.41) is 10.3. The molecule has 1 aliphatic heterocycles. The largest absolute Gasteiger partial charge is 0.387 e. The molecular formula is C22H18FNO2. The number of halogens is 1. The Morgan fingerprint density at radius 3 is 2.50 bits per heavy atom. The van der Waals surface area contributed by atoms with Crippen LogP contribution in [0, 0.1) is 5.82 Å². The smallest absolute Gasteiger partial charge is 0.254 e. The van der Waals surface area contributed by atoms with E-state index < -0.39 is 6.10 Å². The van der Waals surface area contributed by atoms with Crippen LogP contribution in [-0.4, -0.2) is 22.5 Å². The molecule has 4 rings (SSSR count). The van der Waals surface area contributed by atoms with E-state index in [1.165, 1.54) is 12.1 Å². The van der Waals surface area contributed by atoms with E-state index in [1.807, 2.05) is 42.5 Å². The lowest BCUT2D eigenvalue weighted by Gasteiger charge is -2.32. The Morgan fingerprint density at radius 1 is 0.962 bits per heavy atom. The second-order valence-electron chi connectivity index (χ2n) is 6.49. The van der Waals surface area contributed by atoms with Gasteiger partial charge >= 0.3 is 0 Å². The van der Waals surface area contributed by atoms with Gasteiger partial charge in [0, 0.05) is 12.1 Å². The summed E-state index contributed by atoms with van der Waals surface area (Å²) in [6.45, 7) is 0.763. The number of benzene rings is 3. The molecule has 26 heavy (non-hydrogen) atoms. The molecular weight excluding hydrogens is 329 g/mol. The summed E-state index contributed by atoms with van der Waals surface area (Å²) >= 11 is 0. The average Bonchev–Trinajstić information content (AvgIpc) is 2.67. The quantitative estimate of drug-likeness (QED) is 0.755. The molecule has 0 saturated carbocycles. The van der Waals surface area contributed by atoms with Crippen LogP contribution in [0.2, 0.25) is 0 Å². The van der Waals surface area contributed by atoms with Gasteiger partial charge in [-0.15, -0.1) is 0 Å². The third-order valence-corrected chi connectivity index (χ3v) is 4.75. The topological polar surface area (TPSA) is 40.5 Å². The van der Waals surface area contributed by atoms with Crippen molar-refractivity contribution < 1.29 is 14.3 Å². The number of amides is 1. The van der Waals surface area contributed by atoms with E-state index in [2.05, 4.69) is 0 Å². The number of aliphatic hydroxyl groups excluding tert-OH is 1. The molecule has 1 heterocycles. The first kappa shape index (κ1) is 16.5. The number of β-amino-alcohol motifs (C(OH)–C–C–N with tert-alkyl or cyclic N) is 1. The van der Waals surface area contributed by atoms with E-state index >= 15 is 0 Å². The number of rotatable bonds is 2. The van der Waals surface area contributed by atoms with Crippen LogP contribution in [0.5, 0.6) is 0 Å². The fourth-order valence-corrected chi connectivity index (χ4v) is 3.39. The van der Waals surface area contributed by atoms with Gasteiger partial charge < -0.3 is 10.0 Å². The van der Waals surface area contributed by atoms with Gasteiger partial charge in [0.1, 0.15) is 5.82 Å². The van der Waals surface area contributed by atoms with E-state index in [9.17, 15) is 14.3 Å². The van der Waals surface area contributed by atoms with Gasteiger partial charge in [-0.05, 0) is 46.5 Å². The summed E-state index contributed by atoms with van der Waals surface area (Å²) in [6, 6.07) is 21.1. The van der Waals surface area contributed by atoms with Crippen molar-refractivity contribution in [2.24, 2.45) is 0 Å². The Kier molecular flexibility index (Phi) is 4.27. The molecule has 1 N–H and O–H groups in total. The van der Waals surface area contributed by atoms with Crippen LogP contribution in [-0.2, 0) is 6.54 Å². The van der Waals surface area contributed by atoms with Crippen molar-refractivity contribution in [3.8, 4) is 11.1 Å². The molecule has 1 amide bonds.